The van der Waals surface area contributed by atoms with Gasteiger partial charge in [0.25, 0.3) is 0 Å². The van der Waals surface area contributed by atoms with Crippen LogP contribution in [0.2, 0.25) is 0 Å². The average molecular weight is 209 g/mol. The van der Waals surface area contributed by atoms with Crippen molar-refractivity contribution in [2.75, 3.05) is 13.7 Å². The Balaban J connectivity index is 2.19. The first-order valence-corrected chi connectivity index (χ1v) is 4.33. The first kappa shape index (κ1) is 11.3. The molecule has 0 heterocycles. The second-order valence-electron chi connectivity index (χ2n) is 3.42. The Hall–Kier alpha value is -0.750. The Bertz CT molecular complexity index is 217. The van der Waals surface area contributed by atoms with E-state index in [1.807, 2.05) is 0 Å². The maximum absolute atomic E-state index is 12.6. The third kappa shape index (κ3) is 2.62. The van der Waals surface area contributed by atoms with Crippen LogP contribution in [0.15, 0.2) is 0 Å². The maximum Gasteiger partial charge on any atom is 0.375 e. The van der Waals surface area contributed by atoms with Crippen molar-refractivity contribution in [1.82, 2.24) is 5.32 Å². The quantitative estimate of drug-likeness (QED) is 0.691. The molecule has 0 radical (unpaired) electrons. The Labute approximate surface area is 80.2 Å². The number of rotatable bonds is 5. The molecule has 1 rings (SSSR count). The molecule has 1 aliphatic carbocycles. The zero-order valence-corrected chi connectivity index (χ0v) is 7.80. The van der Waals surface area contributed by atoms with E-state index in [0.717, 1.165) is 0 Å². The number of carboxylic acid groups (broad SMARTS) is 1. The zero-order valence-electron chi connectivity index (χ0n) is 7.80. The molecule has 0 aromatic rings. The van der Waals surface area contributed by atoms with Gasteiger partial charge in [-0.2, -0.15) is 8.78 Å². The van der Waals surface area contributed by atoms with Crippen LogP contribution < -0.4 is 5.32 Å². The summed E-state index contributed by atoms with van der Waals surface area (Å²) < 4.78 is 30.1. The topological polar surface area (TPSA) is 58.6 Å². The van der Waals surface area contributed by atoms with Crippen molar-refractivity contribution in [3.05, 3.63) is 0 Å². The minimum Gasteiger partial charge on any atom is -0.477 e. The summed E-state index contributed by atoms with van der Waals surface area (Å²) in [6.45, 7) is -0.816. The van der Waals surface area contributed by atoms with E-state index in [1.165, 1.54) is 0 Å². The van der Waals surface area contributed by atoms with Crippen LogP contribution in [-0.2, 0) is 9.53 Å². The summed E-state index contributed by atoms with van der Waals surface area (Å²) in [5.41, 5.74) is 0. The van der Waals surface area contributed by atoms with Crippen LogP contribution in [0.1, 0.15) is 12.8 Å². The van der Waals surface area contributed by atoms with Crippen molar-refractivity contribution in [3.63, 3.8) is 0 Å². The fourth-order valence-electron chi connectivity index (χ4n) is 1.27. The summed E-state index contributed by atoms with van der Waals surface area (Å²) in [5, 5.41) is 10.6. The highest BCUT2D eigenvalue weighted by Gasteiger charge is 2.40. The highest BCUT2D eigenvalue weighted by atomic mass is 19.3. The van der Waals surface area contributed by atoms with Crippen molar-refractivity contribution in [3.8, 4) is 0 Å². The molecule has 0 aromatic heterocycles. The number of halogens is 2. The molecular weight excluding hydrogens is 196 g/mol. The number of nitrogens with one attached hydrogen (secondary N) is 1. The van der Waals surface area contributed by atoms with Crippen LogP contribution in [-0.4, -0.2) is 42.8 Å². The number of alkyl halides is 2. The van der Waals surface area contributed by atoms with Gasteiger partial charge in [-0.3, -0.25) is 0 Å². The normalized spacial score (nSPS) is 27.1. The fourth-order valence-corrected chi connectivity index (χ4v) is 1.27. The molecule has 1 saturated carbocycles. The van der Waals surface area contributed by atoms with Gasteiger partial charge in [0.15, 0.2) is 0 Å². The summed E-state index contributed by atoms with van der Waals surface area (Å²) >= 11 is 0. The fraction of sp³-hybridized carbons (Fsp3) is 0.875. The van der Waals surface area contributed by atoms with E-state index < -0.39 is 18.4 Å². The molecular formula is C8H13F2NO3. The number of hydrogen-bond donors (Lipinski definition) is 2. The first-order chi connectivity index (χ1) is 6.45. The molecule has 0 atom stereocenters. The number of hydrogen-bond acceptors (Lipinski definition) is 3. The molecule has 0 aliphatic heterocycles. The van der Waals surface area contributed by atoms with Gasteiger partial charge < -0.3 is 15.2 Å². The van der Waals surface area contributed by atoms with Crippen LogP contribution in [0.3, 0.4) is 0 Å². The number of methoxy groups -OCH3 is 1. The van der Waals surface area contributed by atoms with E-state index in [9.17, 15) is 13.6 Å². The highest BCUT2D eigenvalue weighted by molar-refractivity contribution is 5.75. The lowest BCUT2D eigenvalue weighted by Crippen LogP contribution is -2.50. The number of ether oxygens (including phenoxy) is 1. The van der Waals surface area contributed by atoms with Crippen LogP contribution in [0, 0.1) is 0 Å². The van der Waals surface area contributed by atoms with E-state index in [2.05, 4.69) is 5.32 Å². The molecule has 4 nitrogen and oxygen atoms in total. The standard InChI is InChI=1S/C8H13F2NO3/c1-14-6-2-5(3-6)11-4-8(9,10)7(12)13/h5-6,11H,2-4H2,1H3,(H,12,13). The highest BCUT2D eigenvalue weighted by Crippen LogP contribution is 2.23. The Morgan fingerprint density at radius 3 is 2.64 bits per heavy atom. The number of carboxylic acids is 1. The third-order valence-corrected chi connectivity index (χ3v) is 2.35. The van der Waals surface area contributed by atoms with E-state index in [4.69, 9.17) is 9.84 Å². The third-order valence-electron chi connectivity index (χ3n) is 2.35. The van der Waals surface area contributed by atoms with Gasteiger partial charge in [-0.25, -0.2) is 4.79 Å². The van der Waals surface area contributed by atoms with E-state index >= 15 is 0 Å². The van der Waals surface area contributed by atoms with Crippen molar-refractivity contribution >= 4 is 5.97 Å². The Kier molecular flexibility index (Phi) is 3.38. The van der Waals surface area contributed by atoms with Crippen LogP contribution in [0.25, 0.3) is 0 Å². The SMILES string of the molecule is COC1CC(NCC(F)(F)C(=O)O)C1. The predicted octanol–water partition coefficient (Wildman–Crippen LogP) is 0.473. The molecule has 0 aromatic carbocycles. The summed E-state index contributed by atoms with van der Waals surface area (Å²) in [4.78, 5) is 10.0. The number of carbonyl (C=O) groups is 1. The van der Waals surface area contributed by atoms with E-state index in [-0.39, 0.29) is 12.1 Å². The Morgan fingerprint density at radius 2 is 2.21 bits per heavy atom. The second-order valence-corrected chi connectivity index (χ2v) is 3.42. The molecule has 6 heteroatoms. The second kappa shape index (κ2) is 4.18. The predicted molar refractivity (Wildman–Crippen MR) is 44.4 cm³/mol. The molecule has 1 fully saturated rings. The van der Waals surface area contributed by atoms with Crippen LogP contribution in [0.4, 0.5) is 8.78 Å². The number of aliphatic carboxylic acids is 1. The first-order valence-electron chi connectivity index (χ1n) is 4.33. The van der Waals surface area contributed by atoms with E-state index in [1.54, 1.807) is 7.11 Å². The minimum absolute atomic E-state index is 0.0508. The summed E-state index contributed by atoms with van der Waals surface area (Å²) in [6.07, 6.45) is 1.43. The van der Waals surface area contributed by atoms with Gasteiger partial charge in [0.05, 0.1) is 12.6 Å². The van der Waals surface area contributed by atoms with Crippen LogP contribution in [0.5, 0.6) is 0 Å². The monoisotopic (exact) mass is 209 g/mol. The molecule has 82 valence electrons. The minimum atomic E-state index is -3.68. The lowest BCUT2D eigenvalue weighted by molar-refractivity contribution is -0.164. The van der Waals surface area contributed by atoms with E-state index in [0.29, 0.717) is 12.8 Å². The average Bonchev–Trinajstić information content (AvgIpc) is 2.01. The molecule has 0 saturated heterocycles. The van der Waals surface area contributed by atoms with Crippen molar-refractivity contribution < 1.29 is 23.4 Å². The molecule has 0 amide bonds. The van der Waals surface area contributed by atoms with Gasteiger partial charge in [0.1, 0.15) is 0 Å². The summed E-state index contributed by atoms with van der Waals surface area (Å²) in [7, 11) is 1.56. The molecule has 1 aliphatic rings. The molecule has 14 heavy (non-hydrogen) atoms. The van der Waals surface area contributed by atoms with Crippen molar-refractivity contribution in [1.29, 1.82) is 0 Å². The maximum atomic E-state index is 12.6. The lowest BCUT2D eigenvalue weighted by atomic mass is 9.89. The largest absolute Gasteiger partial charge is 0.477 e. The van der Waals surface area contributed by atoms with Crippen molar-refractivity contribution in [2.24, 2.45) is 0 Å². The summed E-state index contributed by atoms with van der Waals surface area (Å²) in [5.74, 6) is -5.77. The van der Waals surface area contributed by atoms with Crippen LogP contribution >= 0.6 is 0 Å². The zero-order chi connectivity index (χ0) is 10.8. The van der Waals surface area contributed by atoms with Gasteiger partial charge in [0.2, 0.25) is 0 Å². The molecule has 0 spiro atoms. The molecule has 2 N–H and O–H groups in total. The van der Waals surface area contributed by atoms with Crippen molar-refractivity contribution in [2.45, 2.75) is 30.9 Å². The van der Waals surface area contributed by atoms with Gasteiger partial charge >= 0.3 is 11.9 Å². The molecule has 0 bridgehead atoms. The smallest absolute Gasteiger partial charge is 0.375 e. The van der Waals surface area contributed by atoms with Gasteiger partial charge in [0, 0.05) is 13.2 Å². The van der Waals surface area contributed by atoms with Gasteiger partial charge in [-0.05, 0) is 12.8 Å². The molecule has 0 unspecified atom stereocenters. The van der Waals surface area contributed by atoms with Gasteiger partial charge in [-0.15, -0.1) is 0 Å². The summed E-state index contributed by atoms with van der Waals surface area (Å²) in [6, 6.07) is -0.0508. The van der Waals surface area contributed by atoms with Gasteiger partial charge in [-0.1, -0.05) is 0 Å². The lowest BCUT2D eigenvalue weighted by Gasteiger charge is -2.35. The Morgan fingerprint density at radius 1 is 1.64 bits per heavy atom.